The van der Waals surface area contributed by atoms with E-state index >= 15 is 0 Å². The fourth-order valence-electron chi connectivity index (χ4n) is 2.24. The highest BCUT2D eigenvalue weighted by Crippen LogP contribution is 2.23. The number of aromatic nitrogens is 1. The van der Waals surface area contributed by atoms with Crippen LogP contribution in [0.2, 0.25) is 10.2 Å². The molecule has 1 aliphatic rings. The maximum absolute atomic E-state index is 11.7. The van der Waals surface area contributed by atoms with Gasteiger partial charge < -0.3 is 5.32 Å². The molecular formula is C12H15Cl2N3O. The predicted octanol–water partition coefficient (Wildman–Crippen LogP) is 2.10. The molecule has 0 saturated carbocycles. The van der Waals surface area contributed by atoms with Gasteiger partial charge >= 0.3 is 0 Å². The minimum Gasteiger partial charge on any atom is -0.358 e. The smallest absolute Gasteiger partial charge is 0.237 e. The van der Waals surface area contributed by atoms with Crippen LogP contribution in [0.4, 0.5) is 0 Å². The van der Waals surface area contributed by atoms with E-state index in [1.165, 1.54) is 0 Å². The van der Waals surface area contributed by atoms with Crippen molar-refractivity contribution in [2.24, 2.45) is 0 Å². The van der Waals surface area contributed by atoms with E-state index < -0.39 is 0 Å². The largest absolute Gasteiger partial charge is 0.358 e. The quantitative estimate of drug-likeness (QED) is 0.866. The maximum Gasteiger partial charge on any atom is 0.237 e. The van der Waals surface area contributed by atoms with Crippen LogP contribution in [-0.2, 0) is 11.3 Å². The van der Waals surface area contributed by atoms with Crippen LogP contribution in [0.25, 0.3) is 0 Å². The summed E-state index contributed by atoms with van der Waals surface area (Å²) >= 11 is 11.9. The van der Waals surface area contributed by atoms with Gasteiger partial charge in [0.1, 0.15) is 5.15 Å². The van der Waals surface area contributed by atoms with E-state index in [1.807, 2.05) is 0 Å². The molecule has 1 amide bonds. The van der Waals surface area contributed by atoms with E-state index in [-0.39, 0.29) is 11.9 Å². The molecule has 0 bridgehead atoms. The lowest BCUT2D eigenvalue weighted by atomic mass is 10.2. The van der Waals surface area contributed by atoms with Gasteiger partial charge in [0.05, 0.1) is 16.8 Å². The molecule has 2 heterocycles. The number of pyridine rings is 1. The van der Waals surface area contributed by atoms with Crippen molar-refractivity contribution in [3.63, 3.8) is 0 Å². The Hall–Kier alpha value is -0.840. The molecule has 1 aliphatic heterocycles. The Morgan fingerprint density at radius 2 is 2.33 bits per heavy atom. The SMILES string of the molecule is CNC(=O)C1CCCN1Cc1nc(Cl)ccc1Cl. The van der Waals surface area contributed by atoms with E-state index in [1.54, 1.807) is 19.2 Å². The van der Waals surface area contributed by atoms with E-state index in [0.717, 1.165) is 25.1 Å². The zero-order valence-electron chi connectivity index (χ0n) is 10.1. The molecule has 18 heavy (non-hydrogen) atoms. The molecule has 0 spiro atoms. The first-order valence-corrected chi connectivity index (χ1v) is 6.64. The van der Waals surface area contributed by atoms with Gasteiger partial charge in [-0.2, -0.15) is 0 Å². The van der Waals surface area contributed by atoms with E-state index in [2.05, 4.69) is 15.2 Å². The van der Waals surface area contributed by atoms with Crippen molar-refractivity contribution in [1.29, 1.82) is 0 Å². The molecule has 4 nitrogen and oxygen atoms in total. The molecule has 1 fully saturated rings. The second-order valence-corrected chi connectivity index (χ2v) is 5.10. The third-order valence-electron chi connectivity index (χ3n) is 3.15. The lowest BCUT2D eigenvalue weighted by molar-refractivity contribution is -0.125. The molecule has 1 N–H and O–H groups in total. The predicted molar refractivity (Wildman–Crippen MR) is 71.8 cm³/mol. The van der Waals surface area contributed by atoms with Crippen LogP contribution in [0.3, 0.4) is 0 Å². The summed E-state index contributed by atoms with van der Waals surface area (Å²) in [6.07, 6.45) is 1.88. The first-order chi connectivity index (χ1) is 8.61. The number of amides is 1. The summed E-state index contributed by atoms with van der Waals surface area (Å²) in [5.74, 6) is 0.0469. The van der Waals surface area contributed by atoms with Gasteiger partial charge in [-0.3, -0.25) is 9.69 Å². The minimum absolute atomic E-state index is 0.0469. The van der Waals surface area contributed by atoms with Crippen molar-refractivity contribution >= 4 is 29.1 Å². The normalized spacial score (nSPS) is 20.1. The number of hydrogen-bond acceptors (Lipinski definition) is 3. The molecule has 1 atom stereocenters. The summed E-state index contributed by atoms with van der Waals surface area (Å²) in [5.41, 5.74) is 0.722. The highest BCUT2D eigenvalue weighted by Gasteiger charge is 2.30. The Morgan fingerprint density at radius 3 is 3.06 bits per heavy atom. The Morgan fingerprint density at radius 1 is 1.56 bits per heavy atom. The zero-order valence-corrected chi connectivity index (χ0v) is 11.6. The summed E-state index contributed by atoms with van der Waals surface area (Å²) < 4.78 is 0. The second-order valence-electron chi connectivity index (χ2n) is 4.31. The summed E-state index contributed by atoms with van der Waals surface area (Å²) in [7, 11) is 1.66. The first-order valence-electron chi connectivity index (χ1n) is 5.88. The number of hydrogen-bond donors (Lipinski definition) is 1. The van der Waals surface area contributed by atoms with Gasteiger partial charge in [0, 0.05) is 13.6 Å². The fourth-order valence-corrected chi connectivity index (χ4v) is 2.57. The molecular weight excluding hydrogens is 273 g/mol. The summed E-state index contributed by atoms with van der Waals surface area (Å²) in [4.78, 5) is 18.0. The minimum atomic E-state index is -0.0909. The zero-order chi connectivity index (χ0) is 13.1. The van der Waals surface area contributed by atoms with Crippen molar-refractivity contribution in [2.45, 2.75) is 25.4 Å². The van der Waals surface area contributed by atoms with Crippen molar-refractivity contribution in [1.82, 2.24) is 15.2 Å². The van der Waals surface area contributed by atoms with Gasteiger partial charge in [0.25, 0.3) is 0 Å². The molecule has 2 rings (SSSR count). The molecule has 98 valence electrons. The van der Waals surface area contributed by atoms with E-state index in [0.29, 0.717) is 16.7 Å². The number of carbonyl (C=O) groups is 1. The lowest BCUT2D eigenvalue weighted by Crippen LogP contribution is -2.41. The van der Waals surface area contributed by atoms with Crippen LogP contribution < -0.4 is 5.32 Å². The molecule has 1 aromatic heterocycles. The number of halogens is 2. The maximum atomic E-state index is 11.7. The van der Waals surface area contributed by atoms with E-state index in [4.69, 9.17) is 23.2 Å². The van der Waals surface area contributed by atoms with Crippen LogP contribution in [0, 0.1) is 0 Å². The van der Waals surface area contributed by atoms with Crippen molar-refractivity contribution in [3.05, 3.63) is 28.0 Å². The van der Waals surface area contributed by atoms with Gasteiger partial charge in [-0.1, -0.05) is 23.2 Å². The van der Waals surface area contributed by atoms with Gasteiger partial charge in [-0.25, -0.2) is 4.98 Å². The molecule has 1 saturated heterocycles. The second kappa shape index (κ2) is 5.87. The molecule has 0 radical (unpaired) electrons. The van der Waals surface area contributed by atoms with Gasteiger partial charge in [0.2, 0.25) is 5.91 Å². The molecule has 0 aliphatic carbocycles. The topological polar surface area (TPSA) is 45.2 Å². The lowest BCUT2D eigenvalue weighted by Gasteiger charge is -2.22. The number of likely N-dealkylation sites (tertiary alicyclic amines) is 1. The van der Waals surface area contributed by atoms with Crippen molar-refractivity contribution < 1.29 is 4.79 Å². The molecule has 0 aromatic carbocycles. The third kappa shape index (κ3) is 2.94. The van der Waals surface area contributed by atoms with Crippen LogP contribution >= 0.6 is 23.2 Å². The summed E-state index contributed by atoms with van der Waals surface area (Å²) in [6, 6.07) is 3.30. The number of nitrogens with zero attached hydrogens (tertiary/aromatic N) is 2. The van der Waals surface area contributed by atoms with Crippen molar-refractivity contribution in [3.8, 4) is 0 Å². The average Bonchev–Trinajstić information content (AvgIpc) is 2.81. The highest BCUT2D eigenvalue weighted by molar-refractivity contribution is 6.32. The van der Waals surface area contributed by atoms with Gasteiger partial charge in [-0.15, -0.1) is 0 Å². The standard InChI is InChI=1S/C12H15Cl2N3O/c1-15-12(18)10-3-2-6-17(10)7-9-8(13)4-5-11(14)16-9/h4-5,10H,2-3,6-7H2,1H3,(H,15,18). The van der Waals surface area contributed by atoms with Crippen LogP contribution in [0.5, 0.6) is 0 Å². The third-order valence-corrected chi connectivity index (χ3v) is 3.70. The molecule has 1 aromatic rings. The summed E-state index contributed by atoms with van der Waals surface area (Å²) in [5, 5.41) is 3.70. The van der Waals surface area contributed by atoms with Crippen LogP contribution in [0.15, 0.2) is 12.1 Å². The monoisotopic (exact) mass is 287 g/mol. The Balaban J connectivity index is 2.13. The Bertz CT molecular complexity index is 453. The first kappa shape index (κ1) is 13.6. The number of rotatable bonds is 3. The number of carbonyl (C=O) groups excluding carboxylic acids is 1. The van der Waals surface area contributed by atoms with Crippen LogP contribution in [-0.4, -0.2) is 35.4 Å². The number of nitrogens with one attached hydrogen (secondary N) is 1. The molecule has 6 heteroatoms. The summed E-state index contributed by atoms with van der Waals surface area (Å²) in [6.45, 7) is 1.43. The Labute approximate surface area is 116 Å². The van der Waals surface area contributed by atoms with E-state index in [9.17, 15) is 4.79 Å². The molecule has 1 unspecified atom stereocenters. The van der Waals surface area contributed by atoms with Gasteiger partial charge in [0.15, 0.2) is 0 Å². The van der Waals surface area contributed by atoms with Gasteiger partial charge in [-0.05, 0) is 31.5 Å². The van der Waals surface area contributed by atoms with Crippen molar-refractivity contribution in [2.75, 3.05) is 13.6 Å². The number of likely N-dealkylation sites (N-methyl/N-ethyl adjacent to an activating group) is 1. The highest BCUT2D eigenvalue weighted by atomic mass is 35.5. The fraction of sp³-hybridized carbons (Fsp3) is 0.500. The Kier molecular flexibility index (Phi) is 4.43. The average molecular weight is 288 g/mol. The van der Waals surface area contributed by atoms with Crippen LogP contribution in [0.1, 0.15) is 18.5 Å².